The van der Waals surface area contributed by atoms with Crippen LogP contribution in [0.15, 0.2) is 24.0 Å². The summed E-state index contributed by atoms with van der Waals surface area (Å²) in [5.41, 5.74) is 38.5. The lowest BCUT2D eigenvalue weighted by molar-refractivity contribution is 0.184. The second-order valence-electron chi connectivity index (χ2n) is 5.19. The van der Waals surface area contributed by atoms with E-state index in [4.69, 9.17) is 61.2 Å². The number of nitrogens with zero attached hydrogens (tertiary/aromatic N) is 2. The van der Waals surface area contributed by atoms with Gasteiger partial charge >= 0.3 is 0 Å². The largest absolute Gasteiger partial charge is 0.402 e. The van der Waals surface area contributed by atoms with E-state index in [1.807, 2.05) is 30.9 Å². The molecule has 0 unspecified atom stereocenters. The van der Waals surface area contributed by atoms with Gasteiger partial charge in [0.05, 0.1) is 19.8 Å². The molecule has 0 saturated heterocycles. The van der Waals surface area contributed by atoms with Crippen LogP contribution in [0.5, 0.6) is 0 Å². The second-order valence-corrected chi connectivity index (χ2v) is 5.19. The molecule has 13 nitrogen and oxygen atoms in total. The van der Waals surface area contributed by atoms with E-state index in [-0.39, 0.29) is 31.5 Å². The highest BCUT2D eigenvalue weighted by Crippen LogP contribution is 1.76. The summed E-state index contributed by atoms with van der Waals surface area (Å²) in [5, 5.41) is 24.9. The maximum atomic E-state index is 8.34. The van der Waals surface area contributed by atoms with Gasteiger partial charge in [-0.3, -0.25) is 0 Å². The minimum Gasteiger partial charge on any atom is -0.402 e. The van der Waals surface area contributed by atoms with Crippen LogP contribution in [0.25, 0.3) is 0 Å². The lowest BCUT2D eigenvalue weighted by atomic mass is 10.5. The fourth-order valence-corrected chi connectivity index (χ4v) is 0.653. The van der Waals surface area contributed by atoms with Gasteiger partial charge in [0.15, 0.2) is 0 Å². The zero-order valence-corrected chi connectivity index (χ0v) is 17.7. The number of hydrogen-bond donors (Lipinski definition) is 11. The van der Waals surface area contributed by atoms with Crippen LogP contribution in [0.2, 0.25) is 0 Å². The number of likely N-dealkylation sites (N-methyl/N-ethyl adjacent to an activating group) is 2. The molecule has 0 spiro atoms. The highest BCUT2D eigenvalue weighted by Gasteiger charge is 1.91. The minimum atomic E-state index is 0.157. The molecular formula is C15H46N10O3. The molecule has 0 aromatic heterocycles. The molecule has 28 heavy (non-hydrogen) atoms. The van der Waals surface area contributed by atoms with Crippen molar-refractivity contribution in [1.29, 1.82) is 0 Å². The summed E-state index contributed by atoms with van der Waals surface area (Å²) in [6.45, 7) is 3.82. The average Bonchev–Trinajstić information content (AvgIpc) is 2.63. The van der Waals surface area contributed by atoms with Gasteiger partial charge in [0.2, 0.25) is 0 Å². The Morgan fingerprint density at radius 2 is 0.929 bits per heavy atom. The molecule has 0 fully saturated rings. The molecule has 0 radical (unpaired) electrons. The van der Waals surface area contributed by atoms with Gasteiger partial charge in [0.1, 0.15) is 11.6 Å². The minimum absolute atomic E-state index is 0.157. The molecule has 13 heteroatoms. The van der Waals surface area contributed by atoms with Crippen molar-refractivity contribution in [3.05, 3.63) is 24.0 Å². The molecule has 0 rings (SSSR count). The van der Waals surface area contributed by atoms with Crippen molar-refractivity contribution in [2.75, 3.05) is 73.7 Å². The number of aliphatic hydroxyl groups excluding tert-OH is 3. The Balaban J connectivity index is -0.0000000805. The molecule has 0 amide bonds. The van der Waals surface area contributed by atoms with Gasteiger partial charge in [0, 0.05) is 45.1 Å². The number of aliphatic hydroxyl groups is 3. The third-order valence-electron chi connectivity index (χ3n) is 2.06. The molecule has 0 aliphatic carbocycles. The highest BCUT2D eigenvalue weighted by molar-refractivity contribution is 4.84. The molecule has 0 aromatic carbocycles. The lowest BCUT2D eigenvalue weighted by Gasteiger charge is -2.11. The van der Waals surface area contributed by atoms with Gasteiger partial charge in [-0.15, -0.1) is 0 Å². The molecule has 174 valence electrons. The van der Waals surface area contributed by atoms with Crippen molar-refractivity contribution in [2.24, 2.45) is 45.9 Å². The Hall–Kier alpha value is -2.00. The molecule has 0 saturated carbocycles. The third kappa shape index (κ3) is 88.2. The van der Waals surface area contributed by atoms with E-state index in [1.165, 1.54) is 0 Å². The van der Waals surface area contributed by atoms with Crippen molar-refractivity contribution in [2.45, 2.75) is 0 Å². The van der Waals surface area contributed by atoms with Gasteiger partial charge in [-0.25, -0.2) is 0 Å². The Kier molecular flexibility index (Phi) is 47.4. The van der Waals surface area contributed by atoms with Crippen molar-refractivity contribution in [3.8, 4) is 0 Å². The molecule has 0 aliphatic rings. The van der Waals surface area contributed by atoms with Gasteiger partial charge in [-0.05, 0) is 21.1 Å². The molecule has 0 aliphatic heterocycles. The van der Waals surface area contributed by atoms with Crippen LogP contribution in [0.1, 0.15) is 0 Å². The first-order chi connectivity index (χ1) is 13.0. The van der Waals surface area contributed by atoms with E-state index in [1.54, 1.807) is 0 Å². The molecule has 0 aromatic rings. The summed E-state index contributed by atoms with van der Waals surface area (Å²) in [7, 11) is 5.71. The highest BCUT2D eigenvalue weighted by atomic mass is 16.3. The maximum absolute atomic E-state index is 8.34. The number of nitrogens with two attached hydrogens (primary N) is 8. The SMILES string of the molecule is CN(C)CCO.CN(CCO)CCO.NC=C(N)N.NC=C(N)N.NCCN. The maximum Gasteiger partial charge on any atom is 0.109 e. The van der Waals surface area contributed by atoms with E-state index in [9.17, 15) is 0 Å². The first-order valence-corrected chi connectivity index (χ1v) is 8.45. The third-order valence-corrected chi connectivity index (χ3v) is 2.06. The van der Waals surface area contributed by atoms with Gasteiger partial charge in [-0.1, -0.05) is 0 Å². The molecule has 0 atom stereocenters. The van der Waals surface area contributed by atoms with Crippen LogP contribution in [0.3, 0.4) is 0 Å². The van der Waals surface area contributed by atoms with Gasteiger partial charge < -0.3 is 71.0 Å². The topological polar surface area (TPSA) is 275 Å². The fraction of sp³-hybridized carbons (Fsp3) is 0.733. The fourth-order valence-electron chi connectivity index (χ4n) is 0.653. The van der Waals surface area contributed by atoms with E-state index < -0.39 is 0 Å². The van der Waals surface area contributed by atoms with Crippen LogP contribution in [-0.4, -0.2) is 98.8 Å². The predicted octanol–water partition coefficient (Wildman–Crippen LogP) is -5.33. The van der Waals surface area contributed by atoms with Crippen molar-refractivity contribution in [3.63, 3.8) is 0 Å². The summed E-state index contributed by atoms with van der Waals surface area (Å²) < 4.78 is 0. The van der Waals surface area contributed by atoms with Gasteiger partial charge in [-0.2, -0.15) is 0 Å². The Bertz CT molecular complexity index is 286. The van der Waals surface area contributed by atoms with E-state index in [2.05, 4.69) is 0 Å². The van der Waals surface area contributed by atoms with Crippen LogP contribution in [0, 0.1) is 0 Å². The molecule has 0 bridgehead atoms. The monoisotopic (exact) mass is 414 g/mol. The normalized spacial score (nSPS) is 8.50. The second kappa shape index (κ2) is 36.0. The van der Waals surface area contributed by atoms with E-state index in [0.717, 1.165) is 18.9 Å². The van der Waals surface area contributed by atoms with E-state index in [0.29, 0.717) is 26.2 Å². The first kappa shape index (κ1) is 36.8. The number of hydrogen-bond acceptors (Lipinski definition) is 13. The smallest absolute Gasteiger partial charge is 0.109 e. The van der Waals surface area contributed by atoms with Crippen LogP contribution in [-0.2, 0) is 0 Å². The standard InChI is InChI=1S/C5H13NO2.C4H11NO.2C2H7N3.C2H8N2/c1-6(2-4-7)3-5-8;1-5(2)3-4-6;2*3-1-2(4)5;3-1-2-4/h7-8H,2-5H2,1H3;6H,3-4H2,1-2H3;2*1H,3-5H2;1-4H2. The molecule has 19 N–H and O–H groups in total. The number of rotatable bonds is 7. The van der Waals surface area contributed by atoms with Crippen molar-refractivity contribution in [1.82, 2.24) is 9.80 Å². The van der Waals surface area contributed by atoms with E-state index >= 15 is 0 Å². The van der Waals surface area contributed by atoms with Crippen LogP contribution < -0.4 is 45.9 Å². The Morgan fingerprint density at radius 3 is 1.00 bits per heavy atom. The molecular weight excluding hydrogens is 368 g/mol. The average molecular weight is 415 g/mol. The quantitative estimate of drug-likeness (QED) is 0.186. The van der Waals surface area contributed by atoms with Crippen LogP contribution >= 0.6 is 0 Å². The van der Waals surface area contributed by atoms with Crippen molar-refractivity contribution < 1.29 is 15.3 Å². The van der Waals surface area contributed by atoms with Gasteiger partial charge in [0.25, 0.3) is 0 Å². The summed E-state index contributed by atoms with van der Waals surface area (Å²) in [6, 6.07) is 0. The summed E-state index contributed by atoms with van der Waals surface area (Å²) >= 11 is 0. The van der Waals surface area contributed by atoms with Crippen LogP contribution in [0.4, 0.5) is 0 Å². The summed E-state index contributed by atoms with van der Waals surface area (Å²) in [6.07, 6.45) is 2.28. The summed E-state index contributed by atoms with van der Waals surface area (Å²) in [5.74, 6) is 0.315. The Labute approximate surface area is 169 Å². The lowest BCUT2D eigenvalue weighted by Crippen LogP contribution is -2.25. The summed E-state index contributed by atoms with van der Waals surface area (Å²) in [4.78, 5) is 3.79. The zero-order chi connectivity index (χ0) is 23.4. The zero-order valence-electron chi connectivity index (χ0n) is 17.7. The molecule has 0 heterocycles. The Morgan fingerprint density at radius 1 is 0.679 bits per heavy atom. The van der Waals surface area contributed by atoms with Crippen molar-refractivity contribution >= 4 is 0 Å². The first-order valence-electron chi connectivity index (χ1n) is 8.45. The predicted molar refractivity (Wildman–Crippen MR) is 117 cm³/mol.